The van der Waals surface area contributed by atoms with Gasteiger partial charge in [-0.15, -0.1) is 0 Å². The number of likely N-dealkylation sites (tertiary alicyclic amines) is 1. The first kappa shape index (κ1) is 17.1. The average Bonchev–Trinajstić information content (AvgIpc) is 2.59. The van der Waals surface area contributed by atoms with Crippen molar-refractivity contribution in [1.82, 2.24) is 10.2 Å². The third-order valence-corrected chi connectivity index (χ3v) is 4.84. The second-order valence-electron chi connectivity index (χ2n) is 6.13. The van der Waals surface area contributed by atoms with E-state index in [1.165, 1.54) is 17.7 Å². The molecule has 0 unspecified atom stereocenters. The first-order valence-electron chi connectivity index (χ1n) is 8.14. The third kappa shape index (κ3) is 4.42. The molecule has 0 saturated carbocycles. The highest BCUT2D eigenvalue weighted by Gasteiger charge is 2.22. The first-order valence-corrected chi connectivity index (χ1v) is 8.93. The van der Waals surface area contributed by atoms with Crippen molar-refractivity contribution in [2.45, 2.75) is 25.4 Å². The average molecular weight is 391 g/mol. The van der Waals surface area contributed by atoms with Crippen LogP contribution in [-0.2, 0) is 6.54 Å². The van der Waals surface area contributed by atoms with Crippen LogP contribution in [0.25, 0.3) is 0 Å². The van der Waals surface area contributed by atoms with E-state index in [-0.39, 0.29) is 17.5 Å². The Balaban J connectivity index is 1.52. The molecule has 3 rings (SSSR count). The van der Waals surface area contributed by atoms with Crippen molar-refractivity contribution in [3.05, 3.63) is 69.9 Å². The Hall–Kier alpha value is -1.72. The quantitative estimate of drug-likeness (QED) is 0.855. The summed E-state index contributed by atoms with van der Waals surface area (Å²) < 4.78 is 14.5. The van der Waals surface area contributed by atoms with Crippen LogP contribution < -0.4 is 5.32 Å². The number of benzene rings is 2. The Kier molecular flexibility index (Phi) is 5.63. The SMILES string of the molecule is O=C(NC1CCN(Cc2ccccc2)CC1)c1cc(Br)ccc1F. The van der Waals surface area contributed by atoms with E-state index in [0.717, 1.165) is 32.5 Å². The van der Waals surface area contributed by atoms with Gasteiger partial charge in [0.05, 0.1) is 5.56 Å². The van der Waals surface area contributed by atoms with E-state index in [2.05, 4.69) is 50.4 Å². The topological polar surface area (TPSA) is 32.3 Å². The van der Waals surface area contributed by atoms with Gasteiger partial charge in [-0.05, 0) is 36.6 Å². The maximum atomic E-state index is 13.8. The van der Waals surface area contributed by atoms with E-state index < -0.39 is 5.82 Å². The zero-order chi connectivity index (χ0) is 16.9. The van der Waals surface area contributed by atoms with Crippen LogP contribution in [0.3, 0.4) is 0 Å². The lowest BCUT2D eigenvalue weighted by molar-refractivity contribution is 0.0905. The molecule has 1 N–H and O–H groups in total. The molecule has 0 bridgehead atoms. The van der Waals surface area contributed by atoms with Gasteiger partial charge in [-0.25, -0.2) is 4.39 Å². The number of nitrogens with zero attached hydrogens (tertiary/aromatic N) is 1. The van der Waals surface area contributed by atoms with E-state index in [4.69, 9.17) is 0 Å². The van der Waals surface area contributed by atoms with Crippen molar-refractivity contribution in [2.24, 2.45) is 0 Å². The highest BCUT2D eigenvalue weighted by atomic mass is 79.9. The van der Waals surface area contributed by atoms with E-state index in [0.29, 0.717) is 4.47 Å². The van der Waals surface area contributed by atoms with Gasteiger partial charge in [0.15, 0.2) is 0 Å². The molecule has 5 heteroatoms. The molecule has 2 aromatic carbocycles. The van der Waals surface area contributed by atoms with Gasteiger partial charge in [0, 0.05) is 30.1 Å². The molecule has 126 valence electrons. The van der Waals surface area contributed by atoms with Crippen LogP contribution in [0, 0.1) is 5.82 Å². The van der Waals surface area contributed by atoms with Crippen LogP contribution in [0.5, 0.6) is 0 Å². The van der Waals surface area contributed by atoms with Gasteiger partial charge in [0.1, 0.15) is 5.82 Å². The second kappa shape index (κ2) is 7.90. The van der Waals surface area contributed by atoms with Crippen molar-refractivity contribution >= 4 is 21.8 Å². The van der Waals surface area contributed by atoms with Crippen LogP contribution in [0.2, 0.25) is 0 Å². The largest absolute Gasteiger partial charge is 0.349 e. The zero-order valence-electron chi connectivity index (χ0n) is 13.3. The molecule has 0 atom stereocenters. The number of hydrogen-bond acceptors (Lipinski definition) is 2. The summed E-state index contributed by atoms with van der Waals surface area (Å²) in [6.07, 6.45) is 1.77. The van der Waals surface area contributed by atoms with Gasteiger partial charge < -0.3 is 5.32 Å². The summed E-state index contributed by atoms with van der Waals surface area (Å²) in [6, 6.07) is 14.9. The molecule has 0 aromatic heterocycles. The van der Waals surface area contributed by atoms with Crippen LogP contribution in [0.1, 0.15) is 28.8 Å². The summed E-state index contributed by atoms with van der Waals surface area (Å²) in [6.45, 7) is 2.80. The van der Waals surface area contributed by atoms with Gasteiger partial charge >= 0.3 is 0 Å². The molecular formula is C19H20BrFN2O. The fraction of sp³-hybridized carbons (Fsp3) is 0.316. The lowest BCUT2D eigenvalue weighted by atomic mass is 10.0. The third-order valence-electron chi connectivity index (χ3n) is 4.34. The lowest BCUT2D eigenvalue weighted by Gasteiger charge is -2.32. The van der Waals surface area contributed by atoms with E-state index in [1.54, 1.807) is 6.07 Å². The van der Waals surface area contributed by atoms with E-state index in [1.807, 2.05) is 6.07 Å². The Labute approximate surface area is 150 Å². The Morgan fingerprint density at radius 1 is 1.17 bits per heavy atom. The number of nitrogens with one attached hydrogen (secondary N) is 1. The molecule has 1 aliphatic heterocycles. The molecule has 0 spiro atoms. The molecule has 1 aliphatic rings. The summed E-state index contributed by atoms with van der Waals surface area (Å²) in [5, 5.41) is 2.96. The maximum absolute atomic E-state index is 13.8. The number of carbonyl (C=O) groups is 1. The van der Waals surface area contributed by atoms with Crippen molar-refractivity contribution in [2.75, 3.05) is 13.1 Å². The number of piperidine rings is 1. The molecule has 0 radical (unpaired) electrons. The molecule has 1 amide bonds. The van der Waals surface area contributed by atoms with Gasteiger partial charge in [-0.1, -0.05) is 46.3 Å². The first-order chi connectivity index (χ1) is 11.6. The minimum Gasteiger partial charge on any atom is -0.349 e. The minimum atomic E-state index is -0.489. The number of carbonyl (C=O) groups excluding carboxylic acids is 1. The summed E-state index contributed by atoms with van der Waals surface area (Å²) in [5.41, 5.74) is 1.40. The molecule has 3 nitrogen and oxygen atoms in total. The molecule has 0 aliphatic carbocycles. The highest BCUT2D eigenvalue weighted by Crippen LogP contribution is 2.18. The van der Waals surface area contributed by atoms with E-state index >= 15 is 0 Å². The van der Waals surface area contributed by atoms with Gasteiger partial charge in [0.2, 0.25) is 0 Å². The van der Waals surface area contributed by atoms with Gasteiger partial charge in [-0.2, -0.15) is 0 Å². The molecular weight excluding hydrogens is 371 g/mol. The molecule has 24 heavy (non-hydrogen) atoms. The second-order valence-corrected chi connectivity index (χ2v) is 7.05. The predicted octanol–water partition coefficient (Wildman–Crippen LogP) is 3.98. The summed E-state index contributed by atoms with van der Waals surface area (Å²) in [4.78, 5) is 14.7. The van der Waals surface area contributed by atoms with Crippen molar-refractivity contribution < 1.29 is 9.18 Å². The number of halogens is 2. The highest BCUT2D eigenvalue weighted by molar-refractivity contribution is 9.10. The molecule has 1 heterocycles. The van der Waals surface area contributed by atoms with Crippen molar-refractivity contribution in [3.8, 4) is 0 Å². The standard InChI is InChI=1S/C19H20BrFN2O/c20-15-6-7-18(21)17(12-15)19(24)22-16-8-10-23(11-9-16)13-14-4-2-1-3-5-14/h1-7,12,16H,8-11,13H2,(H,22,24). The summed E-state index contributed by atoms with van der Waals surface area (Å²) in [5.74, 6) is -0.826. The fourth-order valence-corrected chi connectivity index (χ4v) is 3.37. The number of amides is 1. The Bertz CT molecular complexity index is 700. The van der Waals surface area contributed by atoms with Crippen molar-refractivity contribution in [1.29, 1.82) is 0 Å². The molecule has 1 fully saturated rings. The monoisotopic (exact) mass is 390 g/mol. The number of hydrogen-bond donors (Lipinski definition) is 1. The maximum Gasteiger partial charge on any atom is 0.254 e. The molecule has 1 saturated heterocycles. The van der Waals surface area contributed by atoms with Gasteiger partial charge in [0.25, 0.3) is 5.91 Å². The Morgan fingerprint density at radius 2 is 1.88 bits per heavy atom. The van der Waals surface area contributed by atoms with Crippen LogP contribution >= 0.6 is 15.9 Å². The molecule has 2 aromatic rings. The minimum absolute atomic E-state index is 0.0936. The summed E-state index contributed by atoms with van der Waals surface area (Å²) in [7, 11) is 0. The van der Waals surface area contributed by atoms with E-state index in [9.17, 15) is 9.18 Å². The van der Waals surface area contributed by atoms with Gasteiger partial charge in [-0.3, -0.25) is 9.69 Å². The fourth-order valence-electron chi connectivity index (χ4n) is 3.01. The van der Waals surface area contributed by atoms with Crippen LogP contribution in [-0.4, -0.2) is 29.9 Å². The van der Waals surface area contributed by atoms with Crippen molar-refractivity contribution in [3.63, 3.8) is 0 Å². The zero-order valence-corrected chi connectivity index (χ0v) is 14.9. The summed E-state index contributed by atoms with van der Waals surface area (Å²) >= 11 is 3.28. The predicted molar refractivity (Wildman–Crippen MR) is 96.3 cm³/mol. The van der Waals surface area contributed by atoms with Crippen LogP contribution in [0.15, 0.2) is 53.0 Å². The Morgan fingerprint density at radius 3 is 2.58 bits per heavy atom. The van der Waals surface area contributed by atoms with Crippen LogP contribution in [0.4, 0.5) is 4.39 Å². The lowest BCUT2D eigenvalue weighted by Crippen LogP contribution is -2.44. The normalized spacial score (nSPS) is 16.1. The number of rotatable bonds is 4. The smallest absolute Gasteiger partial charge is 0.254 e.